The predicted molar refractivity (Wildman–Crippen MR) is 109 cm³/mol. The molecule has 2 N–H and O–H groups in total. The summed E-state index contributed by atoms with van der Waals surface area (Å²) in [6.45, 7) is 1.34. The van der Waals surface area contributed by atoms with Gasteiger partial charge in [0.1, 0.15) is 11.8 Å². The van der Waals surface area contributed by atoms with Gasteiger partial charge in [0.15, 0.2) is 23.3 Å². The molecule has 2 aliphatic heterocycles. The first kappa shape index (κ1) is 21.1. The van der Waals surface area contributed by atoms with Gasteiger partial charge in [-0.15, -0.1) is 0 Å². The first-order chi connectivity index (χ1) is 15.2. The molecule has 0 amide bonds. The molecule has 12 heteroatoms. The number of hydrogen-bond acceptors (Lipinski definition) is 6. The van der Waals surface area contributed by atoms with Gasteiger partial charge in [0.05, 0.1) is 22.6 Å². The van der Waals surface area contributed by atoms with Crippen molar-refractivity contribution in [2.45, 2.75) is 31.1 Å². The lowest BCUT2D eigenvalue weighted by molar-refractivity contribution is -0.127. The number of hydrogen-bond donors (Lipinski definition) is 2. The first-order valence-corrected chi connectivity index (χ1v) is 10.2. The Balaban J connectivity index is 1.51. The maximum atomic E-state index is 14.8. The molecule has 2 bridgehead atoms. The van der Waals surface area contributed by atoms with E-state index in [1.165, 1.54) is 6.07 Å². The third-order valence-corrected chi connectivity index (χ3v) is 6.09. The lowest BCUT2D eigenvalue weighted by Gasteiger charge is -2.28. The molecule has 5 rings (SSSR count). The number of halogens is 6. The van der Waals surface area contributed by atoms with E-state index in [4.69, 9.17) is 11.6 Å². The summed E-state index contributed by atoms with van der Waals surface area (Å²) in [5.74, 6) is -1.34. The van der Waals surface area contributed by atoms with Gasteiger partial charge in [0.2, 0.25) is 0 Å². The van der Waals surface area contributed by atoms with Gasteiger partial charge >= 0.3 is 6.18 Å². The lowest BCUT2D eigenvalue weighted by atomic mass is 10.1. The lowest BCUT2D eigenvalue weighted by Crippen LogP contribution is -2.44. The SMILES string of the molecule is Fc1cc2ncnc(Nc3ccc(CC(F)(F)F)c(Cl)c3F)c2nc1N1C[C@@H]2C[C@H]1CN2. The maximum absolute atomic E-state index is 14.8. The van der Waals surface area contributed by atoms with E-state index in [1.807, 2.05) is 4.90 Å². The zero-order chi connectivity index (χ0) is 22.6. The second kappa shape index (κ2) is 7.66. The molecule has 0 aliphatic carbocycles. The minimum absolute atomic E-state index is 0.0808. The molecule has 2 fully saturated rings. The number of fused-ring (bicyclic) bond motifs is 3. The third kappa shape index (κ3) is 3.79. The normalized spacial score (nSPS) is 20.4. The molecule has 0 saturated carbocycles. The Morgan fingerprint density at radius 3 is 2.72 bits per heavy atom. The molecule has 32 heavy (non-hydrogen) atoms. The molecule has 4 heterocycles. The van der Waals surface area contributed by atoms with Crippen molar-refractivity contribution in [2.24, 2.45) is 0 Å². The van der Waals surface area contributed by atoms with E-state index in [9.17, 15) is 22.0 Å². The van der Waals surface area contributed by atoms with Crippen LogP contribution >= 0.6 is 11.6 Å². The smallest absolute Gasteiger partial charge is 0.348 e. The van der Waals surface area contributed by atoms with Crippen LogP contribution in [-0.2, 0) is 6.42 Å². The van der Waals surface area contributed by atoms with E-state index in [-0.39, 0.29) is 46.0 Å². The number of anilines is 3. The van der Waals surface area contributed by atoms with E-state index < -0.39 is 29.3 Å². The summed E-state index contributed by atoms with van der Waals surface area (Å²) < 4.78 is 67.5. The van der Waals surface area contributed by atoms with Crippen LogP contribution in [0.15, 0.2) is 24.5 Å². The summed E-state index contributed by atoms with van der Waals surface area (Å²) in [5.41, 5.74) is -0.158. The topological polar surface area (TPSA) is 66.0 Å². The van der Waals surface area contributed by atoms with Crippen molar-refractivity contribution >= 4 is 40.0 Å². The Morgan fingerprint density at radius 1 is 1.22 bits per heavy atom. The van der Waals surface area contributed by atoms with Crippen molar-refractivity contribution < 1.29 is 22.0 Å². The molecule has 0 radical (unpaired) electrons. The number of rotatable bonds is 4. The van der Waals surface area contributed by atoms with Gasteiger partial charge < -0.3 is 15.5 Å². The highest BCUT2D eigenvalue weighted by Gasteiger charge is 2.39. The Morgan fingerprint density at radius 2 is 2.03 bits per heavy atom. The van der Waals surface area contributed by atoms with E-state index in [0.29, 0.717) is 6.54 Å². The Labute approximate surface area is 183 Å². The Bertz CT molecular complexity index is 1200. The van der Waals surface area contributed by atoms with Crippen LogP contribution in [0.1, 0.15) is 12.0 Å². The molecular weight excluding hydrogens is 455 g/mol. The van der Waals surface area contributed by atoms with Gasteiger partial charge in [-0.25, -0.2) is 23.7 Å². The minimum atomic E-state index is -4.52. The zero-order valence-electron chi connectivity index (χ0n) is 16.3. The Hall–Kier alpha value is -2.79. The highest BCUT2D eigenvalue weighted by molar-refractivity contribution is 6.31. The largest absolute Gasteiger partial charge is 0.393 e. The van der Waals surface area contributed by atoms with Crippen molar-refractivity contribution in [3.05, 3.63) is 46.7 Å². The minimum Gasteiger partial charge on any atom is -0.348 e. The van der Waals surface area contributed by atoms with E-state index in [0.717, 1.165) is 31.4 Å². The number of nitrogens with one attached hydrogen (secondary N) is 2. The van der Waals surface area contributed by atoms with Crippen LogP contribution in [0.3, 0.4) is 0 Å². The molecule has 2 aliphatic rings. The molecule has 0 unspecified atom stereocenters. The fourth-order valence-electron chi connectivity index (χ4n) is 4.23. The number of aromatic nitrogens is 3. The van der Waals surface area contributed by atoms with Crippen LogP contribution in [-0.4, -0.2) is 46.3 Å². The first-order valence-electron chi connectivity index (χ1n) is 9.81. The van der Waals surface area contributed by atoms with Gasteiger partial charge in [-0.3, -0.25) is 0 Å². The number of benzene rings is 1. The molecular formula is C20H16ClF5N6. The van der Waals surface area contributed by atoms with Gasteiger partial charge in [-0.1, -0.05) is 17.7 Å². The van der Waals surface area contributed by atoms with Crippen molar-refractivity contribution in [3.8, 4) is 0 Å². The molecule has 3 aromatic rings. The van der Waals surface area contributed by atoms with E-state index >= 15 is 0 Å². The van der Waals surface area contributed by atoms with Gasteiger partial charge in [-0.05, 0) is 18.1 Å². The fraction of sp³-hybridized carbons (Fsp3) is 0.350. The molecule has 6 nitrogen and oxygen atoms in total. The van der Waals surface area contributed by atoms with Crippen LogP contribution in [0.25, 0.3) is 11.0 Å². The average molecular weight is 471 g/mol. The number of pyridine rings is 1. The predicted octanol–water partition coefficient (Wildman–Crippen LogP) is 4.36. The third-order valence-electron chi connectivity index (χ3n) is 5.68. The molecule has 2 saturated heterocycles. The van der Waals surface area contributed by atoms with Gasteiger partial charge in [0.25, 0.3) is 0 Å². The maximum Gasteiger partial charge on any atom is 0.393 e. The fourth-order valence-corrected chi connectivity index (χ4v) is 4.46. The van der Waals surface area contributed by atoms with Crippen LogP contribution in [0.2, 0.25) is 5.02 Å². The molecule has 0 spiro atoms. The summed E-state index contributed by atoms with van der Waals surface area (Å²) >= 11 is 5.83. The summed E-state index contributed by atoms with van der Waals surface area (Å²) in [6, 6.07) is 3.87. The van der Waals surface area contributed by atoms with Crippen LogP contribution in [0.5, 0.6) is 0 Å². The quantitative estimate of drug-likeness (QED) is 0.553. The summed E-state index contributed by atoms with van der Waals surface area (Å²) in [4.78, 5) is 14.4. The standard InChI is InChI=1S/C20H16ClF5N6/c21-15-9(5-20(24,25)26)1-2-13(16(15)23)30-18-17-14(28-8-29-18)4-12(22)19(31-17)32-7-10-3-11(32)6-27-10/h1-2,4,8,10-11,27H,3,5-7H2,(H,28,29,30)/t10-,11-/m0/s1. The summed E-state index contributed by atoms with van der Waals surface area (Å²) in [7, 11) is 0. The van der Waals surface area contributed by atoms with Crippen LogP contribution in [0.4, 0.5) is 39.3 Å². The highest BCUT2D eigenvalue weighted by Crippen LogP contribution is 2.35. The van der Waals surface area contributed by atoms with Crippen molar-refractivity contribution in [1.29, 1.82) is 0 Å². The molecule has 168 valence electrons. The van der Waals surface area contributed by atoms with Crippen LogP contribution < -0.4 is 15.5 Å². The van der Waals surface area contributed by atoms with Gasteiger partial charge in [-0.2, -0.15) is 13.2 Å². The zero-order valence-corrected chi connectivity index (χ0v) is 17.1. The second-order valence-corrected chi connectivity index (χ2v) is 8.23. The number of piperazine rings is 1. The van der Waals surface area contributed by atoms with Crippen molar-refractivity contribution in [2.75, 3.05) is 23.3 Å². The van der Waals surface area contributed by atoms with Crippen LogP contribution in [0, 0.1) is 11.6 Å². The van der Waals surface area contributed by atoms with Gasteiger partial charge in [0, 0.05) is 31.2 Å². The molecule has 2 atom stereocenters. The second-order valence-electron chi connectivity index (χ2n) is 7.85. The average Bonchev–Trinajstić information content (AvgIpc) is 3.36. The van der Waals surface area contributed by atoms with E-state index in [1.54, 1.807) is 0 Å². The number of nitrogens with zero attached hydrogens (tertiary/aromatic N) is 4. The summed E-state index contributed by atoms with van der Waals surface area (Å²) in [5, 5.41) is 5.41. The molecule has 1 aromatic carbocycles. The molecule has 2 aromatic heterocycles. The van der Waals surface area contributed by atoms with E-state index in [2.05, 4.69) is 25.6 Å². The number of alkyl halides is 3. The van der Waals surface area contributed by atoms with Crippen molar-refractivity contribution in [1.82, 2.24) is 20.3 Å². The highest BCUT2D eigenvalue weighted by atomic mass is 35.5. The van der Waals surface area contributed by atoms with Crippen molar-refractivity contribution in [3.63, 3.8) is 0 Å². The monoisotopic (exact) mass is 470 g/mol. The Kier molecular flexibility index (Phi) is 5.05. The summed E-state index contributed by atoms with van der Waals surface area (Å²) in [6.07, 6.45) is -3.83.